The van der Waals surface area contributed by atoms with Crippen LogP contribution in [0.2, 0.25) is 0 Å². The van der Waals surface area contributed by atoms with Crippen molar-refractivity contribution in [1.29, 1.82) is 0 Å². The van der Waals surface area contributed by atoms with Crippen LogP contribution < -0.4 is 5.56 Å². The van der Waals surface area contributed by atoms with Gasteiger partial charge in [-0.1, -0.05) is 36.4 Å². The van der Waals surface area contributed by atoms with Gasteiger partial charge in [0.2, 0.25) is 0 Å². The van der Waals surface area contributed by atoms with E-state index in [4.69, 9.17) is 0 Å². The molecule has 134 valence electrons. The van der Waals surface area contributed by atoms with Gasteiger partial charge in [0.1, 0.15) is 23.6 Å². The zero-order valence-electron chi connectivity index (χ0n) is 13.8. The summed E-state index contributed by atoms with van der Waals surface area (Å²) in [5.41, 5.74) is -1.34. The topological polar surface area (TPSA) is 75.4 Å². The first-order chi connectivity index (χ1) is 12.4. The van der Waals surface area contributed by atoms with E-state index in [0.29, 0.717) is 5.56 Å². The summed E-state index contributed by atoms with van der Waals surface area (Å²) in [6.45, 7) is 1.45. The number of nitrogens with zero attached hydrogens (tertiary/aromatic N) is 2. The molecule has 0 saturated heterocycles. The Labute approximate surface area is 147 Å². The molecule has 2 aromatic carbocycles. The fraction of sp³-hybridized carbons (Fsp3) is 0.158. The molecule has 2 N–H and O–H groups in total. The van der Waals surface area contributed by atoms with Crippen LogP contribution in [-0.2, 0) is 0 Å². The predicted octanol–water partition coefficient (Wildman–Crippen LogP) is 2.72. The standard InChI is InChI=1S/C19H16F2N2O3/c1-11-22-10-13(16-14(20)8-5-9-15(16)21)18(25)23(11)19(26)17(24)12-6-3-2-4-7-12/h2-10,17,19,24,26H,1H3. The summed E-state index contributed by atoms with van der Waals surface area (Å²) in [6, 6.07) is 11.5. The summed E-state index contributed by atoms with van der Waals surface area (Å²) < 4.78 is 28.9. The van der Waals surface area contributed by atoms with Crippen LogP contribution in [0.5, 0.6) is 0 Å². The number of aliphatic hydroxyl groups excluding tert-OH is 2. The zero-order valence-corrected chi connectivity index (χ0v) is 13.8. The summed E-state index contributed by atoms with van der Waals surface area (Å²) in [5, 5.41) is 20.9. The smallest absolute Gasteiger partial charge is 0.263 e. The molecule has 0 fully saturated rings. The fourth-order valence-corrected chi connectivity index (χ4v) is 2.75. The first kappa shape index (κ1) is 17.9. The molecule has 0 aliphatic rings. The average Bonchev–Trinajstić information content (AvgIpc) is 2.63. The second-order valence-electron chi connectivity index (χ2n) is 5.76. The highest BCUT2D eigenvalue weighted by atomic mass is 19.1. The summed E-state index contributed by atoms with van der Waals surface area (Å²) in [7, 11) is 0. The quantitative estimate of drug-likeness (QED) is 0.752. The fourth-order valence-electron chi connectivity index (χ4n) is 2.75. The Balaban J connectivity index is 2.13. The lowest BCUT2D eigenvalue weighted by Crippen LogP contribution is -2.32. The third kappa shape index (κ3) is 3.14. The van der Waals surface area contributed by atoms with E-state index in [-0.39, 0.29) is 11.4 Å². The molecule has 0 spiro atoms. The highest BCUT2D eigenvalue weighted by molar-refractivity contribution is 5.63. The number of halogens is 2. The van der Waals surface area contributed by atoms with Crippen molar-refractivity contribution in [1.82, 2.24) is 9.55 Å². The lowest BCUT2D eigenvalue weighted by molar-refractivity contribution is -0.0340. The molecule has 0 aliphatic carbocycles. The lowest BCUT2D eigenvalue weighted by Gasteiger charge is -2.22. The van der Waals surface area contributed by atoms with E-state index in [0.717, 1.165) is 22.9 Å². The molecular formula is C19H16F2N2O3. The van der Waals surface area contributed by atoms with Crippen LogP contribution in [0, 0.1) is 18.6 Å². The van der Waals surface area contributed by atoms with Crippen molar-refractivity contribution >= 4 is 0 Å². The largest absolute Gasteiger partial charge is 0.384 e. The van der Waals surface area contributed by atoms with E-state index in [9.17, 15) is 23.8 Å². The van der Waals surface area contributed by atoms with Crippen LogP contribution in [0.1, 0.15) is 23.7 Å². The molecule has 26 heavy (non-hydrogen) atoms. The molecule has 0 radical (unpaired) electrons. The monoisotopic (exact) mass is 358 g/mol. The van der Waals surface area contributed by atoms with Gasteiger partial charge < -0.3 is 10.2 Å². The molecular weight excluding hydrogens is 342 g/mol. The number of aromatic nitrogens is 2. The molecule has 0 bridgehead atoms. The first-order valence-electron chi connectivity index (χ1n) is 7.85. The van der Waals surface area contributed by atoms with Gasteiger partial charge in [-0.05, 0) is 24.6 Å². The van der Waals surface area contributed by atoms with E-state index < -0.39 is 35.1 Å². The van der Waals surface area contributed by atoms with Crippen molar-refractivity contribution in [3.63, 3.8) is 0 Å². The Hall–Kier alpha value is -2.90. The summed E-state index contributed by atoms with van der Waals surface area (Å²) in [6.07, 6.45) is -2.04. The number of hydrogen-bond donors (Lipinski definition) is 2. The highest BCUT2D eigenvalue weighted by Gasteiger charge is 2.25. The van der Waals surface area contributed by atoms with Crippen molar-refractivity contribution in [3.8, 4) is 11.1 Å². The second kappa shape index (κ2) is 7.15. The van der Waals surface area contributed by atoms with Crippen molar-refractivity contribution < 1.29 is 19.0 Å². The first-order valence-corrected chi connectivity index (χ1v) is 7.85. The van der Waals surface area contributed by atoms with Gasteiger partial charge >= 0.3 is 0 Å². The maximum Gasteiger partial charge on any atom is 0.263 e. The predicted molar refractivity (Wildman–Crippen MR) is 91.2 cm³/mol. The molecule has 2 atom stereocenters. The van der Waals surface area contributed by atoms with Crippen LogP contribution >= 0.6 is 0 Å². The molecule has 7 heteroatoms. The Morgan fingerprint density at radius 3 is 2.23 bits per heavy atom. The molecule has 3 rings (SSSR count). The van der Waals surface area contributed by atoms with Crippen molar-refractivity contribution in [2.75, 3.05) is 0 Å². The summed E-state index contributed by atoms with van der Waals surface area (Å²) >= 11 is 0. The van der Waals surface area contributed by atoms with Crippen LogP contribution in [-0.4, -0.2) is 19.8 Å². The minimum absolute atomic E-state index is 0.0954. The molecule has 5 nitrogen and oxygen atoms in total. The molecule has 0 amide bonds. The van der Waals surface area contributed by atoms with Gasteiger partial charge in [0, 0.05) is 6.20 Å². The van der Waals surface area contributed by atoms with Crippen molar-refractivity contribution in [2.24, 2.45) is 0 Å². The van der Waals surface area contributed by atoms with Crippen LogP contribution in [0.3, 0.4) is 0 Å². The van der Waals surface area contributed by atoms with Crippen molar-refractivity contribution in [3.05, 3.63) is 88.1 Å². The highest BCUT2D eigenvalue weighted by Crippen LogP contribution is 2.26. The molecule has 0 aliphatic heterocycles. The van der Waals surface area contributed by atoms with Gasteiger partial charge in [-0.3, -0.25) is 9.36 Å². The Morgan fingerprint density at radius 2 is 1.62 bits per heavy atom. The molecule has 0 saturated carbocycles. The van der Waals surface area contributed by atoms with E-state index in [1.165, 1.54) is 13.0 Å². The minimum atomic E-state index is -1.67. The van der Waals surface area contributed by atoms with Gasteiger partial charge in [-0.2, -0.15) is 0 Å². The third-order valence-corrected chi connectivity index (χ3v) is 4.10. The van der Waals surface area contributed by atoms with Crippen molar-refractivity contribution in [2.45, 2.75) is 19.3 Å². The van der Waals surface area contributed by atoms with E-state index in [2.05, 4.69) is 4.98 Å². The molecule has 2 unspecified atom stereocenters. The molecule has 1 aromatic heterocycles. The third-order valence-electron chi connectivity index (χ3n) is 4.10. The summed E-state index contributed by atoms with van der Waals surface area (Å²) in [5.74, 6) is -1.74. The molecule has 3 aromatic rings. The van der Waals surface area contributed by atoms with Crippen LogP contribution in [0.4, 0.5) is 8.78 Å². The zero-order chi connectivity index (χ0) is 18.8. The lowest BCUT2D eigenvalue weighted by atomic mass is 10.1. The molecule has 1 heterocycles. The number of benzene rings is 2. The van der Waals surface area contributed by atoms with Gasteiger partial charge in [0.25, 0.3) is 5.56 Å². The number of rotatable bonds is 4. The van der Waals surface area contributed by atoms with E-state index in [1.807, 2.05) is 0 Å². The Morgan fingerprint density at radius 1 is 1.00 bits per heavy atom. The Kier molecular flexibility index (Phi) is 4.92. The second-order valence-corrected chi connectivity index (χ2v) is 5.76. The van der Waals surface area contributed by atoms with Gasteiger partial charge in [0.05, 0.1) is 11.1 Å². The van der Waals surface area contributed by atoms with Crippen LogP contribution in [0.25, 0.3) is 11.1 Å². The normalized spacial score (nSPS) is 13.4. The average molecular weight is 358 g/mol. The number of aryl methyl sites for hydroxylation is 1. The van der Waals surface area contributed by atoms with Gasteiger partial charge in [-0.15, -0.1) is 0 Å². The maximum atomic E-state index is 14.0. The van der Waals surface area contributed by atoms with E-state index >= 15 is 0 Å². The Bertz CT molecular complexity index is 970. The van der Waals surface area contributed by atoms with Gasteiger partial charge in [-0.25, -0.2) is 13.8 Å². The summed E-state index contributed by atoms with van der Waals surface area (Å²) in [4.78, 5) is 16.7. The number of hydrogen-bond acceptors (Lipinski definition) is 4. The van der Waals surface area contributed by atoms with E-state index in [1.54, 1.807) is 30.3 Å². The maximum absolute atomic E-state index is 14.0. The SMILES string of the molecule is Cc1ncc(-c2c(F)cccc2F)c(=O)n1C(O)C(O)c1ccccc1. The van der Waals surface area contributed by atoms with Crippen LogP contribution in [0.15, 0.2) is 59.5 Å². The van der Waals surface area contributed by atoms with Gasteiger partial charge in [0.15, 0.2) is 6.23 Å². The minimum Gasteiger partial charge on any atom is -0.384 e. The number of aliphatic hydroxyl groups is 2.